The molecule has 37 heavy (non-hydrogen) atoms. The summed E-state index contributed by atoms with van der Waals surface area (Å²) in [7, 11) is 0. The Balaban J connectivity index is 1.53. The number of carboxylic acid groups (broad SMARTS) is 1. The summed E-state index contributed by atoms with van der Waals surface area (Å²) in [5, 5.41) is 12.3. The van der Waals surface area contributed by atoms with E-state index in [9.17, 15) is 19.5 Å². The van der Waals surface area contributed by atoms with Gasteiger partial charge in [-0.15, -0.1) is 0 Å². The molecule has 2 amide bonds. The summed E-state index contributed by atoms with van der Waals surface area (Å²) in [6.07, 6.45) is 0. The van der Waals surface area contributed by atoms with Gasteiger partial charge >= 0.3 is 5.97 Å². The smallest absolute Gasteiger partial charge is 0.326 e. The van der Waals surface area contributed by atoms with Crippen LogP contribution in [0.1, 0.15) is 66.5 Å². The second-order valence-corrected chi connectivity index (χ2v) is 10.8. The predicted molar refractivity (Wildman–Crippen MR) is 141 cm³/mol. The van der Waals surface area contributed by atoms with Crippen LogP contribution in [0.4, 0.5) is 10.1 Å². The van der Waals surface area contributed by atoms with E-state index in [4.69, 9.17) is 0 Å². The first-order valence-corrected chi connectivity index (χ1v) is 12.3. The molecular weight excluding hydrogens is 471 g/mol. The third kappa shape index (κ3) is 5.26. The lowest BCUT2D eigenvalue weighted by Gasteiger charge is -2.27. The minimum absolute atomic E-state index is 0.0270. The van der Waals surface area contributed by atoms with Crippen molar-refractivity contribution >= 4 is 23.5 Å². The number of hydrogen-bond donors (Lipinski definition) is 2. The molecule has 0 saturated carbocycles. The topological polar surface area (TPSA) is 86.7 Å². The van der Waals surface area contributed by atoms with Crippen LogP contribution in [0.2, 0.25) is 0 Å². The van der Waals surface area contributed by atoms with Gasteiger partial charge in [0.1, 0.15) is 11.9 Å². The molecule has 0 bridgehead atoms. The highest BCUT2D eigenvalue weighted by Crippen LogP contribution is 2.33. The van der Waals surface area contributed by atoms with E-state index in [1.54, 1.807) is 56.3 Å². The Kier molecular flexibility index (Phi) is 6.91. The molecule has 4 rings (SSSR count). The number of anilines is 1. The zero-order valence-electron chi connectivity index (χ0n) is 21.6. The van der Waals surface area contributed by atoms with Gasteiger partial charge in [0.2, 0.25) is 0 Å². The van der Waals surface area contributed by atoms with Crippen molar-refractivity contribution in [3.8, 4) is 11.1 Å². The van der Waals surface area contributed by atoms with Gasteiger partial charge in [0.05, 0.1) is 0 Å². The van der Waals surface area contributed by atoms with Crippen molar-refractivity contribution in [2.24, 2.45) is 5.92 Å². The van der Waals surface area contributed by atoms with Crippen LogP contribution in [0.15, 0.2) is 60.7 Å². The van der Waals surface area contributed by atoms with Crippen molar-refractivity contribution in [3.63, 3.8) is 0 Å². The standard InChI is InChI=1S/C30H31FN2O4/c1-17(2)26(29(36)37)33-16-20-7-6-19(14-24(20)28(33)35)23-13-12-22(15-25(23)31)32-27(34)18-8-10-21(11-9-18)30(3,4)5/h6-15,17,26H,16H2,1-5H3,(H,32,34)(H,36,37)/t26-/m0/s1. The fourth-order valence-electron chi connectivity index (χ4n) is 4.65. The van der Waals surface area contributed by atoms with Gasteiger partial charge in [-0.2, -0.15) is 0 Å². The zero-order valence-corrected chi connectivity index (χ0v) is 21.6. The molecule has 1 heterocycles. The molecule has 1 aliphatic heterocycles. The van der Waals surface area contributed by atoms with Gasteiger partial charge < -0.3 is 15.3 Å². The molecule has 0 saturated heterocycles. The molecule has 0 unspecified atom stereocenters. The molecule has 0 fully saturated rings. The Labute approximate surface area is 216 Å². The molecule has 192 valence electrons. The van der Waals surface area contributed by atoms with Crippen LogP contribution >= 0.6 is 0 Å². The summed E-state index contributed by atoms with van der Waals surface area (Å²) < 4.78 is 15.1. The number of rotatable bonds is 6. The Bertz CT molecular complexity index is 1370. The SMILES string of the molecule is CC(C)[C@@H](C(=O)O)N1Cc2ccc(-c3ccc(NC(=O)c4ccc(C(C)(C)C)cc4)cc3F)cc2C1=O. The number of nitrogens with one attached hydrogen (secondary N) is 1. The third-order valence-electron chi connectivity index (χ3n) is 6.71. The quantitative estimate of drug-likeness (QED) is 0.426. The molecule has 0 aliphatic carbocycles. The van der Waals surface area contributed by atoms with Gasteiger partial charge in [-0.25, -0.2) is 9.18 Å². The highest BCUT2D eigenvalue weighted by atomic mass is 19.1. The molecule has 1 atom stereocenters. The minimum Gasteiger partial charge on any atom is -0.480 e. The van der Waals surface area contributed by atoms with Crippen LogP contribution in [-0.4, -0.2) is 33.8 Å². The van der Waals surface area contributed by atoms with Crippen LogP contribution in [-0.2, 0) is 16.8 Å². The minimum atomic E-state index is -1.05. The van der Waals surface area contributed by atoms with E-state index in [0.717, 1.165) is 5.56 Å². The maximum Gasteiger partial charge on any atom is 0.326 e. The molecule has 6 nitrogen and oxygen atoms in total. The lowest BCUT2D eigenvalue weighted by atomic mass is 9.87. The normalized spacial score (nSPS) is 14.0. The van der Waals surface area contributed by atoms with E-state index >= 15 is 4.39 Å². The Morgan fingerprint density at radius 1 is 0.973 bits per heavy atom. The molecule has 7 heteroatoms. The summed E-state index contributed by atoms with van der Waals surface area (Å²) in [6, 6.07) is 15.9. The van der Waals surface area contributed by atoms with Crippen molar-refractivity contribution in [1.82, 2.24) is 4.90 Å². The summed E-state index contributed by atoms with van der Waals surface area (Å²) >= 11 is 0. The van der Waals surface area contributed by atoms with Crippen molar-refractivity contribution in [2.75, 3.05) is 5.32 Å². The summed E-state index contributed by atoms with van der Waals surface area (Å²) in [4.78, 5) is 38.8. The first-order valence-electron chi connectivity index (χ1n) is 12.3. The third-order valence-corrected chi connectivity index (χ3v) is 6.71. The second kappa shape index (κ2) is 9.81. The van der Waals surface area contributed by atoms with E-state index in [-0.39, 0.29) is 35.3 Å². The molecule has 0 radical (unpaired) electrons. The van der Waals surface area contributed by atoms with Crippen molar-refractivity contribution in [1.29, 1.82) is 0 Å². The zero-order chi connectivity index (χ0) is 27.1. The van der Waals surface area contributed by atoms with Gasteiger partial charge in [0.15, 0.2) is 0 Å². The number of carboxylic acids is 1. The number of benzene rings is 3. The van der Waals surface area contributed by atoms with Gasteiger partial charge in [-0.1, -0.05) is 58.9 Å². The van der Waals surface area contributed by atoms with Crippen LogP contribution in [0.25, 0.3) is 11.1 Å². The number of hydrogen-bond acceptors (Lipinski definition) is 3. The molecular formula is C30H31FN2O4. The van der Waals surface area contributed by atoms with Crippen LogP contribution in [0, 0.1) is 11.7 Å². The summed E-state index contributed by atoms with van der Waals surface area (Å²) in [6.45, 7) is 10.0. The maximum atomic E-state index is 15.1. The number of fused-ring (bicyclic) bond motifs is 1. The first-order chi connectivity index (χ1) is 17.4. The average molecular weight is 503 g/mol. The average Bonchev–Trinajstić information content (AvgIpc) is 3.13. The van der Waals surface area contributed by atoms with Crippen LogP contribution in [0.3, 0.4) is 0 Å². The number of nitrogens with zero attached hydrogens (tertiary/aromatic N) is 1. The van der Waals surface area contributed by atoms with Gasteiger partial charge in [0, 0.05) is 28.9 Å². The maximum absolute atomic E-state index is 15.1. The van der Waals surface area contributed by atoms with Crippen LogP contribution in [0.5, 0.6) is 0 Å². The van der Waals surface area contributed by atoms with Crippen molar-refractivity contribution < 1.29 is 23.9 Å². The molecule has 3 aromatic rings. The molecule has 0 spiro atoms. The van der Waals surface area contributed by atoms with Gasteiger partial charge in [-0.3, -0.25) is 9.59 Å². The van der Waals surface area contributed by atoms with E-state index in [1.807, 2.05) is 12.1 Å². The first kappa shape index (κ1) is 26.1. The number of amides is 2. The Hall–Kier alpha value is -4.00. The number of carbonyl (C=O) groups excluding carboxylic acids is 2. The molecule has 2 N–H and O–H groups in total. The monoisotopic (exact) mass is 502 g/mol. The molecule has 3 aromatic carbocycles. The fourth-order valence-corrected chi connectivity index (χ4v) is 4.65. The van der Waals surface area contributed by atoms with E-state index in [2.05, 4.69) is 26.1 Å². The molecule has 0 aromatic heterocycles. The summed E-state index contributed by atoms with van der Waals surface area (Å²) in [5.41, 5.74) is 3.73. The highest BCUT2D eigenvalue weighted by molar-refractivity contribution is 6.04. The van der Waals surface area contributed by atoms with Gasteiger partial charge in [0.25, 0.3) is 11.8 Å². The van der Waals surface area contributed by atoms with E-state index < -0.39 is 17.8 Å². The lowest BCUT2D eigenvalue weighted by molar-refractivity contribution is -0.144. The lowest BCUT2D eigenvalue weighted by Crippen LogP contribution is -2.44. The van der Waals surface area contributed by atoms with Gasteiger partial charge in [-0.05, 0) is 64.4 Å². The number of carbonyl (C=O) groups is 3. The fraction of sp³-hybridized carbons (Fsp3) is 0.300. The van der Waals surface area contributed by atoms with E-state index in [1.165, 1.54) is 11.0 Å². The van der Waals surface area contributed by atoms with Crippen molar-refractivity contribution in [2.45, 2.75) is 52.6 Å². The second-order valence-electron chi connectivity index (χ2n) is 10.8. The van der Waals surface area contributed by atoms with Crippen molar-refractivity contribution in [3.05, 3.63) is 88.7 Å². The Morgan fingerprint density at radius 2 is 1.65 bits per heavy atom. The Morgan fingerprint density at radius 3 is 2.22 bits per heavy atom. The summed E-state index contributed by atoms with van der Waals surface area (Å²) in [5.74, 6) is -2.57. The predicted octanol–water partition coefficient (Wildman–Crippen LogP) is 6.11. The largest absolute Gasteiger partial charge is 0.480 e. The number of aliphatic carboxylic acids is 1. The highest BCUT2D eigenvalue weighted by Gasteiger charge is 2.38. The van der Waals surface area contributed by atoms with Crippen LogP contribution < -0.4 is 5.32 Å². The van der Waals surface area contributed by atoms with E-state index in [0.29, 0.717) is 27.9 Å². The number of halogens is 1. The molecule has 1 aliphatic rings.